The summed E-state index contributed by atoms with van der Waals surface area (Å²) in [4.78, 5) is 19.0. The first kappa shape index (κ1) is 14.7. The monoisotopic (exact) mass is 311 g/mol. The number of rotatable bonds is 3. The van der Waals surface area contributed by atoms with Gasteiger partial charge in [-0.1, -0.05) is 23.3 Å². The third-order valence-corrected chi connectivity index (χ3v) is 4.80. The molecule has 1 saturated carbocycles. The zero-order valence-corrected chi connectivity index (χ0v) is 14.1. The molecule has 0 atom stereocenters. The summed E-state index contributed by atoms with van der Waals surface area (Å²) in [5.74, 6) is 3.30. The third kappa shape index (κ3) is 3.23. The summed E-state index contributed by atoms with van der Waals surface area (Å²) in [7, 11) is 0. The van der Waals surface area contributed by atoms with Crippen molar-refractivity contribution in [2.75, 3.05) is 36.0 Å². The highest BCUT2D eigenvalue weighted by molar-refractivity contribution is 5.43. The second kappa shape index (κ2) is 5.95. The molecule has 3 heterocycles. The summed E-state index contributed by atoms with van der Waals surface area (Å²) in [6, 6.07) is 0. The number of nitrogens with zero attached hydrogens (tertiary/aromatic N) is 5. The lowest BCUT2D eigenvalue weighted by Gasteiger charge is -2.29. The van der Waals surface area contributed by atoms with Gasteiger partial charge in [0.15, 0.2) is 0 Å². The molecule has 0 unspecified atom stereocenters. The molecule has 3 aliphatic rings. The molecule has 5 heteroatoms. The van der Waals surface area contributed by atoms with Crippen molar-refractivity contribution in [2.45, 2.75) is 45.4 Å². The highest BCUT2D eigenvalue weighted by Gasteiger charge is 2.29. The van der Waals surface area contributed by atoms with Crippen LogP contribution in [0.1, 0.15) is 51.3 Å². The van der Waals surface area contributed by atoms with Crippen LogP contribution < -0.4 is 9.80 Å². The Balaban J connectivity index is 1.66. The minimum atomic E-state index is 0.554. The van der Waals surface area contributed by atoms with E-state index in [1.54, 1.807) is 0 Å². The van der Waals surface area contributed by atoms with Crippen molar-refractivity contribution in [3.8, 4) is 0 Å². The van der Waals surface area contributed by atoms with Crippen LogP contribution in [0.4, 0.5) is 11.9 Å². The van der Waals surface area contributed by atoms with E-state index in [9.17, 15) is 0 Å². The SMILES string of the molecule is CC1=CCCN(c2nc(C3CC3)nc(N3CCC=C(C)C3)n2)C1. The van der Waals surface area contributed by atoms with Gasteiger partial charge in [-0.15, -0.1) is 0 Å². The van der Waals surface area contributed by atoms with Crippen LogP contribution in [0.5, 0.6) is 0 Å². The van der Waals surface area contributed by atoms with Crippen molar-refractivity contribution in [2.24, 2.45) is 0 Å². The molecule has 1 aromatic heterocycles. The van der Waals surface area contributed by atoms with E-state index >= 15 is 0 Å². The highest BCUT2D eigenvalue weighted by Crippen LogP contribution is 2.39. The van der Waals surface area contributed by atoms with Gasteiger partial charge in [0.05, 0.1) is 0 Å². The highest BCUT2D eigenvalue weighted by atomic mass is 15.3. The quantitative estimate of drug-likeness (QED) is 0.803. The maximum absolute atomic E-state index is 4.84. The summed E-state index contributed by atoms with van der Waals surface area (Å²) in [5.41, 5.74) is 2.81. The smallest absolute Gasteiger partial charge is 0.230 e. The zero-order chi connectivity index (χ0) is 15.8. The van der Waals surface area contributed by atoms with Gasteiger partial charge >= 0.3 is 0 Å². The lowest BCUT2D eigenvalue weighted by molar-refractivity contribution is 0.714. The van der Waals surface area contributed by atoms with Gasteiger partial charge in [0, 0.05) is 32.1 Å². The van der Waals surface area contributed by atoms with E-state index in [0.717, 1.165) is 56.7 Å². The van der Waals surface area contributed by atoms with E-state index in [1.165, 1.54) is 24.0 Å². The van der Waals surface area contributed by atoms with Gasteiger partial charge in [0.1, 0.15) is 5.82 Å². The molecule has 0 N–H and O–H groups in total. The molecule has 0 amide bonds. The lowest BCUT2D eigenvalue weighted by atomic mass is 10.1. The Hall–Kier alpha value is -1.91. The fourth-order valence-corrected chi connectivity index (χ4v) is 3.34. The molecule has 0 bridgehead atoms. The van der Waals surface area contributed by atoms with Crippen LogP contribution in [0, 0.1) is 0 Å². The van der Waals surface area contributed by atoms with E-state index in [1.807, 2.05) is 0 Å². The molecule has 5 nitrogen and oxygen atoms in total. The molecule has 0 saturated heterocycles. The molecule has 4 rings (SSSR count). The van der Waals surface area contributed by atoms with Crippen LogP contribution in [-0.4, -0.2) is 41.1 Å². The molecule has 1 aliphatic carbocycles. The average Bonchev–Trinajstić information content (AvgIpc) is 3.39. The maximum Gasteiger partial charge on any atom is 0.230 e. The van der Waals surface area contributed by atoms with Crippen molar-refractivity contribution in [3.63, 3.8) is 0 Å². The summed E-state index contributed by atoms with van der Waals surface area (Å²) >= 11 is 0. The first-order valence-corrected chi connectivity index (χ1v) is 8.76. The topological polar surface area (TPSA) is 45.2 Å². The molecule has 1 aromatic rings. The largest absolute Gasteiger partial charge is 0.336 e. The fraction of sp³-hybridized carbons (Fsp3) is 0.611. The fourth-order valence-electron chi connectivity index (χ4n) is 3.34. The Morgan fingerprint density at radius 3 is 1.78 bits per heavy atom. The second-order valence-electron chi connectivity index (χ2n) is 7.09. The Morgan fingerprint density at radius 1 is 0.826 bits per heavy atom. The van der Waals surface area contributed by atoms with Crippen LogP contribution in [0.2, 0.25) is 0 Å². The van der Waals surface area contributed by atoms with Crippen LogP contribution in [-0.2, 0) is 0 Å². The van der Waals surface area contributed by atoms with Crippen LogP contribution in [0.3, 0.4) is 0 Å². The van der Waals surface area contributed by atoms with Gasteiger partial charge in [-0.25, -0.2) is 0 Å². The lowest BCUT2D eigenvalue weighted by Crippen LogP contribution is -2.34. The van der Waals surface area contributed by atoms with Gasteiger partial charge in [-0.3, -0.25) is 0 Å². The molecule has 2 aliphatic heterocycles. The number of aromatic nitrogens is 3. The van der Waals surface area contributed by atoms with Crippen LogP contribution >= 0.6 is 0 Å². The average molecular weight is 311 g/mol. The van der Waals surface area contributed by atoms with Gasteiger partial charge in [-0.2, -0.15) is 15.0 Å². The number of hydrogen-bond donors (Lipinski definition) is 0. The van der Waals surface area contributed by atoms with Crippen molar-refractivity contribution in [1.82, 2.24) is 15.0 Å². The summed E-state index contributed by atoms with van der Waals surface area (Å²) in [6.45, 7) is 8.26. The molecular formula is C18H25N5. The van der Waals surface area contributed by atoms with Gasteiger partial charge < -0.3 is 9.80 Å². The van der Waals surface area contributed by atoms with E-state index in [2.05, 4.69) is 35.8 Å². The first-order chi connectivity index (χ1) is 11.2. The third-order valence-electron chi connectivity index (χ3n) is 4.80. The summed E-state index contributed by atoms with van der Waals surface area (Å²) in [5, 5.41) is 0. The van der Waals surface area contributed by atoms with E-state index in [4.69, 9.17) is 15.0 Å². The summed E-state index contributed by atoms with van der Waals surface area (Å²) < 4.78 is 0. The van der Waals surface area contributed by atoms with Gasteiger partial charge in [0.2, 0.25) is 11.9 Å². The Kier molecular flexibility index (Phi) is 3.79. The molecule has 122 valence electrons. The standard InChI is InChI=1S/C18H25N5/c1-13-5-3-9-22(11-13)17-19-16(15-7-8-15)20-18(21-17)23-10-4-6-14(2)12-23/h5-6,15H,3-4,7-12H2,1-2H3. The predicted molar refractivity (Wildman–Crippen MR) is 93.0 cm³/mol. The minimum absolute atomic E-state index is 0.554. The van der Waals surface area contributed by atoms with Crippen molar-refractivity contribution >= 4 is 11.9 Å². The molecule has 0 aromatic carbocycles. The second-order valence-corrected chi connectivity index (χ2v) is 7.09. The van der Waals surface area contributed by atoms with Crippen molar-refractivity contribution in [3.05, 3.63) is 29.1 Å². The van der Waals surface area contributed by atoms with E-state index in [-0.39, 0.29) is 0 Å². The van der Waals surface area contributed by atoms with Gasteiger partial charge in [0.25, 0.3) is 0 Å². The predicted octanol–water partition coefficient (Wildman–Crippen LogP) is 3.06. The molecular weight excluding hydrogens is 286 g/mol. The molecule has 0 spiro atoms. The summed E-state index contributed by atoms with van der Waals surface area (Å²) in [6.07, 6.45) is 9.24. The maximum atomic E-state index is 4.84. The number of anilines is 2. The van der Waals surface area contributed by atoms with Crippen molar-refractivity contribution < 1.29 is 0 Å². The molecule has 1 fully saturated rings. The van der Waals surface area contributed by atoms with Crippen LogP contribution in [0.25, 0.3) is 0 Å². The number of hydrogen-bond acceptors (Lipinski definition) is 5. The van der Waals surface area contributed by atoms with E-state index in [0.29, 0.717) is 5.92 Å². The van der Waals surface area contributed by atoms with Crippen molar-refractivity contribution in [1.29, 1.82) is 0 Å². The minimum Gasteiger partial charge on any atom is -0.336 e. The Bertz CT molecular complexity index is 611. The Morgan fingerprint density at radius 2 is 1.35 bits per heavy atom. The normalized spacial score (nSPS) is 22.0. The first-order valence-electron chi connectivity index (χ1n) is 8.76. The molecule has 23 heavy (non-hydrogen) atoms. The zero-order valence-electron chi connectivity index (χ0n) is 14.1. The van der Waals surface area contributed by atoms with Gasteiger partial charge in [-0.05, 0) is 39.5 Å². The Labute approximate surface area is 138 Å². The van der Waals surface area contributed by atoms with Crippen LogP contribution in [0.15, 0.2) is 23.3 Å². The van der Waals surface area contributed by atoms with E-state index < -0.39 is 0 Å². The molecule has 0 radical (unpaired) electrons.